The first-order chi connectivity index (χ1) is 22.1. The Kier molecular flexibility index (Phi) is 6.74. The summed E-state index contributed by atoms with van der Waals surface area (Å²) < 4.78 is 0. The smallest absolute Gasteiger partial charge is 0.274 e. The molecule has 1 saturated heterocycles. The van der Waals surface area contributed by atoms with Crippen LogP contribution in [0.4, 0.5) is 17.1 Å². The van der Waals surface area contributed by atoms with Crippen LogP contribution < -0.4 is 10.3 Å². The van der Waals surface area contributed by atoms with Crippen molar-refractivity contribution in [3.63, 3.8) is 0 Å². The number of nitrogens with one attached hydrogen (secondary N) is 1. The highest BCUT2D eigenvalue weighted by atomic mass is 35.5. The monoisotopic (exact) mass is 635 g/mol. The molecular weight excluding hydrogens is 614 g/mol. The van der Waals surface area contributed by atoms with Crippen LogP contribution in [0.25, 0.3) is 0 Å². The normalized spacial score (nSPS) is 22.4. The average Bonchev–Trinajstić information content (AvgIpc) is 3.31. The van der Waals surface area contributed by atoms with E-state index >= 15 is 0 Å². The number of nitrogens with zero attached hydrogens (tertiary/aromatic N) is 4. The predicted octanol–water partition coefficient (Wildman–Crippen LogP) is 5.05. The SMILES string of the molecule is O=C(Cc1ccc([N+](=O)[O-])cc1)N/N=C\C12c3ccccc3C(c3ccccc31)[C@H]1C(=O)N(c3ccc(Cl)cc3[N+](=O)[O-])C(=O)[C@H]12. The highest BCUT2D eigenvalue weighted by Gasteiger charge is 2.68. The number of amides is 3. The fourth-order valence-electron chi connectivity index (χ4n) is 7.29. The van der Waals surface area contributed by atoms with Crippen molar-refractivity contribution in [3.8, 4) is 0 Å². The van der Waals surface area contributed by atoms with Crippen molar-refractivity contribution < 1.29 is 24.2 Å². The number of imide groups is 1. The average molecular weight is 636 g/mol. The Labute approximate surface area is 265 Å². The number of hydrogen-bond donors (Lipinski definition) is 1. The second kappa shape index (κ2) is 10.7. The first kappa shape index (κ1) is 29.0. The minimum Gasteiger partial charge on any atom is -0.274 e. The number of anilines is 1. The van der Waals surface area contributed by atoms with E-state index in [1.54, 1.807) is 0 Å². The zero-order chi connectivity index (χ0) is 32.3. The van der Waals surface area contributed by atoms with E-state index in [0.29, 0.717) is 5.56 Å². The van der Waals surface area contributed by atoms with Gasteiger partial charge in [-0.1, -0.05) is 72.3 Å². The molecule has 4 aromatic carbocycles. The standard InChI is InChI=1S/C33H22ClN5O7/c34-19-11-14-25(26(16-19)39(45)46)37-31(41)29-28-21-5-1-3-7-23(21)33(30(29)32(37)42,24-8-4-2-6-22(24)28)17-35-36-27(40)15-18-9-12-20(13-10-18)38(43)44/h1-14,16-17,28-30H,15H2,(H,36,40)/b35-17-/t28?,29-,30+,33?/m1/s1. The van der Waals surface area contributed by atoms with Crippen molar-refractivity contribution in [3.05, 3.63) is 144 Å². The van der Waals surface area contributed by atoms with Crippen molar-refractivity contribution in [1.82, 2.24) is 5.43 Å². The number of carbonyl (C=O) groups is 3. The van der Waals surface area contributed by atoms with Crippen LogP contribution in [0.3, 0.4) is 0 Å². The lowest BCUT2D eigenvalue weighted by atomic mass is 9.47. The molecule has 228 valence electrons. The Balaban J connectivity index is 1.33. The lowest BCUT2D eigenvalue weighted by molar-refractivity contribution is -0.384. The molecule has 2 bridgehead atoms. The molecule has 0 spiro atoms. The zero-order valence-corrected chi connectivity index (χ0v) is 24.5. The van der Waals surface area contributed by atoms with Crippen molar-refractivity contribution in [2.45, 2.75) is 17.8 Å². The minimum atomic E-state index is -1.31. The second-order valence-electron chi connectivity index (χ2n) is 11.3. The Hall–Kier alpha value is -5.75. The maximum atomic E-state index is 14.5. The van der Waals surface area contributed by atoms with Crippen LogP contribution >= 0.6 is 11.6 Å². The lowest BCUT2D eigenvalue weighted by Crippen LogP contribution is -2.54. The summed E-state index contributed by atoms with van der Waals surface area (Å²) in [5.41, 5.74) is 4.10. The van der Waals surface area contributed by atoms with Crippen molar-refractivity contribution in [2.24, 2.45) is 16.9 Å². The number of rotatable bonds is 7. The molecule has 4 aliphatic rings. The Bertz CT molecular complexity index is 1980. The molecule has 0 unspecified atom stereocenters. The summed E-state index contributed by atoms with van der Waals surface area (Å²) in [7, 11) is 0. The molecule has 2 atom stereocenters. The van der Waals surface area contributed by atoms with E-state index in [4.69, 9.17) is 11.6 Å². The number of carbonyl (C=O) groups excluding carboxylic acids is 3. The third-order valence-electron chi connectivity index (χ3n) is 9.03. The quantitative estimate of drug-likeness (QED) is 0.128. The van der Waals surface area contributed by atoms with Gasteiger partial charge in [-0.3, -0.25) is 34.6 Å². The number of hydrogen-bond acceptors (Lipinski definition) is 8. The van der Waals surface area contributed by atoms with E-state index in [1.807, 2.05) is 48.5 Å². The third kappa shape index (κ3) is 4.21. The molecule has 3 amide bonds. The highest BCUT2D eigenvalue weighted by Crippen LogP contribution is 2.64. The van der Waals surface area contributed by atoms with E-state index in [0.717, 1.165) is 33.2 Å². The van der Waals surface area contributed by atoms with Crippen molar-refractivity contribution in [1.29, 1.82) is 0 Å². The van der Waals surface area contributed by atoms with Gasteiger partial charge in [-0.2, -0.15) is 5.10 Å². The topological polar surface area (TPSA) is 165 Å². The highest BCUT2D eigenvalue weighted by molar-refractivity contribution is 6.31. The van der Waals surface area contributed by atoms with Gasteiger partial charge in [0, 0.05) is 35.4 Å². The molecular formula is C33H22ClN5O7. The van der Waals surface area contributed by atoms with Gasteiger partial charge in [0.05, 0.1) is 33.5 Å². The van der Waals surface area contributed by atoms with Crippen molar-refractivity contribution >= 4 is 52.6 Å². The third-order valence-corrected chi connectivity index (χ3v) is 9.26. The summed E-state index contributed by atoms with van der Waals surface area (Å²) >= 11 is 6.04. The van der Waals surface area contributed by atoms with Crippen LogP contribution in [0.2, 0.25) is 5.02 Å². The van der Waals surface area contributed by atoms with Crippen LogP contribution in [0.5, 0.6) is 0 Å². The van der Waals surface area contributed by atoms with Gasteiger partial charge in [-0.05, 0) is 39.9 Å². The molecule has 3 aliphatic carbocycles. The summed E-state index contributed by atoms with van der Waals surface area (Å²) in [6, 6.07) is 24.2. The summed E-state index contributed by atoms with van der Waals surface area (Å²) in [5, 5.41) is 27.4. The lowest BCUT2D eigenvalue weighted by Gasteiger charge is -2.52. The maximum absolute atomic E-state index is 14.5. The van der Waals surface area contributed by atoms with E-state index in [-0.39, 0.29) is 22.8 Å². The summed E-state index contributed by atoms with van der Waals surface area (Å²) in [5.74, 6) is -4.14. The fraction of sp³-hybridized carbons (Fsp3) is 0.152. The van der Waals surface area contributed by atoms with Gasteiger partial charge in [0.15, 0.2) is 0 Å². The Morgan fingerprint density at radius 1 is 0.891 bits per heavy atom. The number of non-ortho nitro benzene ring substituents is 1. The zero-order valence-electron chi connectivity index (χ0n) is 23.7. The van der Waals surface area contributed by atoms with Crippen LogP contribution in [-0.2, 0) is 26.2 Å². The van der Waals surface area contributed by atoms with Gasteiger partial charge < -0.3 is 0 Å². The van der Waals surface area contributed by atoms with Crippen LogP contribution in [0, 0.1) is 32.1 Å². The van der Waals surface area contributed by atoms with E-state index < -0.39 is 56.4 Å². The van der Waals surface area contributed by atoms with Gasteiger partial charge in [-0.25, -0.2) is 10.3 Å². The van der Waals surface area contributed by atoms with Crippen LogP contribution in [-0.4, -0.2) is 33.8 Å². The molecule has 12 nitrogen and oxygen atoms in total. The molecule has 4 aromatic rings. The van der Waals surface area contributed by atoms with Gasteiger partial charge in [-0.15, -0.1) is 0 Å². The molecule has 0 saturated carbocycles. The molecule has 1 fully saturated rings. The number of halogens is 1. The fourth-order valence-corrected chi connectivity index (χ4v) is 7.45. The summed E-state index contributed by atoms with van der Waals surface area (Å²) in [6.07, 6.45) is 1.37. The first-order valence-corrected chi connectivity index (χ1v) is 14.6. The van der Waals surface area contributed by atoms with Gasteiger partial charge >= 0.3 is 0 Å². The van der Waals surface area contributed by atoms with Crippen LogP contribution in [0.15, 0.2) is 96.1 Å². The summed E-state index contributed by atoms with van der Waals surface area (Å²) in [6.45, 7) is 0. The predicted molar refractivity (Wildman–Crippen MR) is 167 cm³/mol. The van der Waals surface area contributed by atoms with Gasteiger partial charge in [0.1, 0.15) is 5.69 Å². The number of benzene rings is 4. The largest absolute Gasteiger partial charge is 0.294 e. The molecule has 1 N–H and O–H groups in total. The molecule has 0 radical (unpaired) electrons. The molecule has 8 rings (SSSR count). The first-order valence-electron chi connectivity index (χ1n) is 14.2. The Morgan fingerprint density at radius 2 is 1.52 bits per heavy atom. The Morgan fingerprint density at radius 3 is 2.13 bits per heavy atom. The molecule has 46 heavy (non-hydrogen) atoms. The molecule has 13 heteroatoms. The number of nitro benzene ring substituents is 2. The van der Waals surface area contributed by atoms with Crippen molar-refractivity contribution in [2.75, 3.05) is 4.90 Å². The second-order valence-corrected chi connectivity index (χ2v) is 11.8. The van der Waals surface area contributed by atoms with Gasteiger partial charge in [0.2, 0.25) is 17.7 Å². The number of hydrazone groups is 1. The minimum absolute atomic E-state index is 0.0833. The maximum Gasteiger partial charge on any atom is 0.294 e. The van der Waals surface area contributed by atoms with E-state index in [1.165, 1.54) is 42.6 Å². The molecule has 0 aromatic heterocycles. The number of nitro groups is 2. The molecule has 1 aliphatic heterocycles. The van der Waals surface area contributed by atoms with Crippen LogP contribution in [0.1, 0.15) is 33.7 Å². The van der Waals surface area contributed by atoms with E-state index in [9.17, 15) is 34.6 Å². The molecule has 1 heterocycles. The van der Waals surface area contributed by atoms with Gasteiger partial charge in [0.25, 0.3) is 11.4 Å². The van der Waals surface area contributed by atoms with E-state index in [2.05, 4.69) is 10.5 Å². The summed E-state index contributed by atoms with van der Waals surface area (Å²) in [4.78, 5) is 64.4.